The van der Waals surface area contributed by atoms with Gasteiger partial charge in [0.2, 0.25) is 5.91 Å². The van der Waals surface area contributed by atoms with E-state index in [0.29, 0.717) is 12.1 Å². The van der Waals surface area contributed by atoms with Crippen LogP contribution in [-0.4, -0.2) is 36.0 Å². The second kappa shape index (κ2) is 5.85. The molecule has 98 valence electrons. The third-order valence-corrected chi connectivity index (χ3v) is 4.22. The zero-order chi connectivity index (χ0) is 12.3. The van der Waals surface area contributed by atoms with E-state index in [0.717, 1.165) is 31.8 Å². The average Bonchev–Trinajstić information content (AvgIpc) is 3.13. The number of nitrogens with one attached hydrogen (secondary N) is 1. The molecule has 2 aliphatic rings. The summed E-state index contributed by atoms with van der Waals surface area (Å²) < 4.78 is 0. The van der Waals surface area contributed by atoms with Crippen LogP contribution in [0.25, 0.3) is 0 Å². The molecule has 2 fully saturated rings. The normalized spacial score (nSPS) is 23.8. The first-order valence-electron chi connectivity index (χ1n) is 7.20. The monoisotopic (exact) mass is 238 g/mol. The van der Waals surface area contributed by atoms with Crippen LogP contribution >= 0.6 is 0 Å². The molecule has 0 aromatic heterocycles. The SMILES string of the molecule is CCC(CC1CC1)NC1CCN(C(C)=O)CC1. The van der Waals surface area contributed by atoms with Crippen molar-refractivity contribution in [2.75, 3.05) is 13.1 Å². The number of carbonyl (C=O) groups is 1. The number of hydrogen-bond donors (Lipinski definition) is 1. The first kappa shape index (κ1) is 12.9. The molecule has 0 aromatic carbocycles. The minimum atomic E-state index is 0.230. The van der Waals surface area contributed by atoms with Crippen LogP contribution in [0.5, 0.6) is 0 Å². The summed E-state index contributed by atoms with van der Waals surface area (Å²) in [6.07, 6.45) is 7.75. The Morgan fingerprint density at radius 1 is 1.29 bits per heavy atom. The van der Waals surface area contributed by atoms with Crippen molar-refractivity contribution in [3.63, 3.8) is 0 Å². The van der Waals surface area contributed by atoms with E-state index in [1.54, 1.807) is 6.92 Å². The van der Waals surface area contributed by atoms with Gasteiger partial charge in [-0.25, -0.2) is 0 Å². The van der Waals surface area contributed by atoms with Gasteiger partial charge in [0, 0.05) is 32.1 Å². The van der Waals surface area contributed by atoms with Gasteiger partial charge in [0.1, 0.15) is 0 Å². The summed E-state index contributed by atoms with van der Waals surface area (Å²) in [6, 6.07) is 1.34. The maximum atomic E-state index is 11.2. The highest BCUT2D eigenvalue weighted by molar-refractivity contribution is 5.73. The molecule has 17 heavy (non-hydrogen) atoms. The molecule has 0 bridgehead atoms. The maximum Gasteiger partial charge on any atom is 0.219 e. The van der Waals surface area contributed by atoms with Crippen molar-refractivity contribution in [3.8, 4) is 0 Å². The molecule has 2 rings (SSSR count). The van der Waals surface area contributed by atoms with Crippen molar-refractivity contribution in [2.45, 2.75) is 64.5 Å². The van der Waals surface area contributed by atoms with Crippen LogP contribution in [0.3, 0.4) is 0 Å². The van der Waals surface area contributed by atoms with Gasteiger partial charge in [0.15, 0.2) is 0 Å². The number of carbonyl (C=O) groups excluding carboxylic acids is 1. The zero-order valence-corrected chi connectivity index (χ0v) is 11.2. The van der Waals surface area contributed by atoms with E-state index in [1.165, 1.54) is 25.7 Å². The minimum Gasteiger partial charge on any atom is -0.343 e. The third-order valence-electron chi connectivity index (χ3n) is 4.22. The first-order valence-corrected chi connectivity index (χ1v) is 7.20. The Morgan fingerprint density at radius 2 is 1.94 bits per heavy atom. The van der Waals surface area contributed by atoms with Crippen LogP contribution in [0.4, 0.5) is 0 Å². The van der Waals surface area contributed by atoms with Gasteiger partial charge in [-0.05, 0) is 31.6 Å². The maximum absolute atomic E-state index is 11.2. The third kappa shape index (κ3) is 3.98. The second-order valence-corrected chi connectivity index (χ2v) is 5.73. The van der Waals surface area contributed by atoms with Crippen molar-refractivity contribution in [1.29, 1.82) is 0 Å². The van der Waals surface area contributed by atoms with E-state index >= 15 is 0 Å². The van der Waals surface area contributed by atoms with Gasteiger partial charge in [-0.3, -0.25) is 4.79 Å². The molecule has 1 unspecified atom stereocenters. The van der Waals surface area contributed by atoms with Crippen LogP contribution in [0.2, 0.25) is 0 Å². The lowest BCUT2D eigenvalue weighted by molar-refractivity contribution is -0.129. The Bertz CT molecular complexity index is 255. The number of rotatable bonds is 5. The number of piperidine rings is 1. The van der Waals surface area contributed by atoms with Crippen LogP contribution in [0.15, 0.2) is 0 Å². The zero-order valence-electron chi connectivity index (χ0n) is 11.2. The van der Waals surface area contributed by atoms with E-state index < -0.39 is 0 Å². The van der Waals surface area contributed by atoms with Gasteiger partial charge in [-0.1, -0.05) is 19.8 Å². The lowest BCUT2D eigenvalue weighted by Gasteiger charge is -2.34. The molecule has 1 aliphatic heterocycles. The van der Waals surface area contributed by atoms with Crippen molar-refractivity contribution in [3.05, 3.63) is 0 Å². The lowest BCUT2D eigenvalue weighted by Crippen LogP contribution is -2.47. The molecular formula is C14H26N2O. The minimum absolute atomic E-state index is 0.230. The van der Waals surface area contributed by atoms with E-state index in [2.05, 4.69) is 12.2 Å². The summed E-state index contributed by atoms with van der Waals surface area (Å²) in [5, 5.41) is 3.80. The summed E-state index contributed by atoms with van der Waals surface area (Å²) in [5.41, 5.74) is 0. The van der Waals surface area contributed by atoms with Crippen molar-refractivity contribution >= 4 is 5.91 Å². The number of hydrogen-bond acceptors (Lipinski definition) is 2. The summed E-state index contributed by atoms with van der Waals surface area (Å²) in [5.74, 6) is 1.23. The Hall–Kier alpha value is -0.570. The fourth-order valence-corrected chi connectivity index (χ4v) is 2.80. The van der Waals surface area contributed by atoms with Crippen LogP contribution < -0.4 is 5.32 Å². The van der Waals surface area contributed by atoms with Crippen molar-refractivity contribution < 1.29 is 4.79 Å². The van der Waals surface area contributed by atoms with Crippen molar-refractivity contribution in [1.82, 2.24) is 10.2 Å². The largest absolute Gasteiger partial charge is 0.343 e. The van der Waals surface area contributed by atoms with E-state index in [-0.39, 0.29) is 5.91 Å². The summed E-state index contributed by atoms with van der Waals surface area (Å²) in [6.45, 7) is 5.83. The highest BCUT2D eigenvalue weighted by Gasteiger charge is 2.27. The smallest absolute Gasteiger partial charge is 0.219 e. The number of amides is 1. The molecule has 3 heteroatoms. The molecule has 1 aliphatic carbocycles. The summed E-state index contributed by atoms with van der Waals surface area (Å²) >= 11 is 0. The first-order chi connectivity index (χ1) is 8.19. The second-order valence-electron chi connectivity index (χ2n) is 5.73. The Balaban J connectivity index is 1.70. The lowest BCUT2D eigenvalue weighted by atomic mass is 10.0. The molecule has 1 heterocycles. The van der Waals surface area contributed by atoms with Crippen molar-refractivity contribution in [2.24, 2.45) is 5.92 Å². The predicted octanol–water partition coefficient (Wildman–Crippen LogP) is 2.17. The molecule has 1 N–H and O–H groups in total. The fraction of sp³-hybridized carbons (Fsp3) is 0.929. The molecule has 1 saturated carbocycles. The molecule has 1 amide bonds. The average molecular weight is 238 g/mol. The van der Waals surface area contributed by atoms with Crippen LogP contribution in [0.1, 0.15) is 52.4 Å². The Labute approximate surface area is 105 Å². The number of nitrogens with zero attached hydrogens (tertiary/aromatic N) is 1. The molecule has 1 atom stereocenters. The number of likely N-dealkylation sites (tertiary alicyclic amines) is 1. The van der Waals surface area contributed by atoms with Gasteiger partial charge in [-0.2, -0.15) is 0 Å². The Morgan fingerprint density at radius 3 is 2.41 bits per heavy atom. The van der Waals surface area contributed by atoms with Gasteiger partial charge >= 0.3 is 0 Å². The molecule has 0 spiro atoms. The van der Waals surface area contributed by atoms with E-state index in [9.17, 15) is 4.79 Å². The quantitative estimate of drug-likeness (QED) is 0.796. The Kier molecular flexibility index (Phi) is 4.43. The molecule has 1 saturated heterocycles. The topological polar surface area (TPSA) is 32.3 Å². The predicted molar refractivity (Wildman–Crippen MR) is 69.8 cm³/mol. The highest BCUT2D eigenvalue weighted by Crippen LogP contribution is 2.34. The molecular weight excluding hydrogens is 212 g/mol. The fourth-order valence-electron chi connectivity index (χ4n) is 2.80. The molecule has 3 nitrogen and oxygen atoms in total. The van der Waals surface area contributed by atoms with Crippen LogP contribution in [-0.2, 0) is 4.79 Å². The van der Waals surface area contributed by atoms with Gasteiger partial charge < -0.3 is 10.2 Å². The van der Waals surface area contributed by atoms with E-state index in [4.69, 9.17) is 0 Å². The highest BCUT2D eigenvalue weighted by atomic mass is 16.2. The standard InChI is InChI=1S/C14H26N2O/c1-3-13(10-12-4-5-12)15-14-6-8-16(9-7-14)11(2)17/h12-15H,3-10H2,1-2H3. The van der Waals surface area contributed by atoms with E-state index in [1.807, 2.05) is 4.90 Å². The van der Waals surface area contributed by atoms with Crippen LogP contribution in [0, 0.1) is 5.92 Å². The summed E-state index contributed by atoms with van der Waals surface area (Å²) in [4.78, 5) is 13.2. The summed E-state index contributed by atoms with van der Waals surface area (Å²) in [7, 11) is 0. The molecule has 0 aromatic rings. The van der Waals surface area contributed by atoms with Gasteiger partial charge in [0.25, 0.3) is 0 Å². The van der Waals surface area contributed by atoms with Gasteiger partial charge in [-0.15, -0.1) is 0 Å². The molecule has 0 radical (unpaired) electrons. The van der Waals surface area contributed by atoms with Gasteiger partial charge in [0.05, 0.1) is 0 Å².